The Kier molecular flexibility index (Phi) is 5.51. The molecule has 5 nitrogen and oxygen atoms in total. The molecule has 2 heterocycles. The normalized spacial score (nSPS) is 15.2. The van der Waals surface area contributed by atoms with E-state index in [1.807, 2.05) is 35.4 Å². The van der Waals surface area contributed by atoms with E-state index < -0.39 is 0 Å². The number of benzene rings is 1. The highest BCUT2D eigenvalue weighted by Crippen LogP contribution is 2.19. The van der Waals surface area contributed by atoms with Crippen LogP contribution in [-0.2, 0) is 20.7 Å². The first-order valence-electron chi connectivity index (χ1n) is 8.72. The summed E-state index contributed by atoms with van der Waals surface area (Å²) in [6.07, 6.45) is 7.26. The summed E-state index contributed by atoms with van der Waals surface area (Å²) in [6, 6.07) is 8.01. The molecule has 0 radical (unpaired) electrons. The second kappa shape index (κ2) is 7.99. The molecule has 0 spiro atoms. The molecule has 1 aromatic carbocycles. The van der Waals surface area contributed by atoms with Gasteiger partial charge in [0.1, 0.15) is 0 Å². The van der Waals surface area contributed by atoms with Gasteiger partial charge in [-0.1, -0.05) is 31.0 Å². The van der Waals surface area contributed by atoms with Crippen molar-refractivity contribution in [3.63, 3.8) is 0 Å². The molecule has 1 aliphatic heterocycles. The van der Waals surface area contributed by atoms with E-state index in [0.717, 1.165) is 42.4 Å². The van der Waals surface area contributed by atoms with Crippen LogP contribution >= 0.6 is 0 Å². The summed E-state index contributed by atoms with van der Waals surface area (Å²) >= 11 is 0. The number of H-pyrrole nitrogens is 1. The first-order chi connectivity index (χ1) is 11.7. The Balaban J connectivity index is 1.45. The standard InChI is InChI=1S/C19H24N2O3/c22-18(21-11-5-1-2-6-12-21)14-24-19(23)10-9-15-13-20-17-8-4-3-7-16(15)17/h3-4,7-8,13,20H,1-2,5-6,9-12,14H2. The molecule has 1 aromatic heterocycles. The number of hydrogen-bond acceptors (Lipinski definition) is 3. The molecule has 0 bridgehead atoms. The van der Waals surface area contributed by atoms with E-state index in [1.54, 1.807) is 0 Å². The summed E-state index contributed by atoms with van der Waals surface area (Å²) in [5, 5.41) is 1.13. The quantitative estimate of drug-likeness (QED) is 0.858. The summed E-state index contributed by atoms with van der Waals surface area (Å²) in [4.78, 5) is 29.1. The number of carbonyl (C=O) groups is 2. The smallest absolute Gasteiger partial charge is 0.306 e. The number of carbonyl (C=O) groups excluding carboxylic acids is 2. The van der Waals surface area contributed by atoms with Crippen LogP contribution in [0.5, 0.6) is 0 Å². The lowest BCUT2D eigenvalue weighted by Gasteiger charge is -2.19. The largest absolute Gasteiger partial charge is 0.456 e. The van der Waals surface area contributed by atoms with Crippen molar-refractivity contribution in [2.24, 2.45) is 0 Å². The number of aromatic amines is 1. The Morgan fingerprint density at radius 1 is 1.08 bits per heavy atom. The molecular formula is C19H24N2O3. The number of para-hydroxylation sites is 1. The molecule has 0 saturated carbocycles. The van der Waals surface area contributed by atoms with E-state index in [0.29, 0.717) is 6.42 Å². The molecule has 5 heteroatoms. The molecule has 1 fully saturated rings. The van der Waals surface area contributed by atoms with Crippen LogP contribution in [0.25, 0.3) is 10.9 Å². The number of aryl methyl sites for hydroxylation is 1. The van der Waals surface area contributed by atoms with E-state index in [1.165, 1.54) is 12.8 Å². The number of ether oxygens (including phenoxy) is 1. The summed E-state index contributed by atoms with van der Waals surface area (Å²) in [5.74, 6) is -0.388. The van der Waals surface area contributed by atoms with Gasteiger partial charge in [0.25, 0.3) is 5.91 Å². The number of likely N-dealkylation sites (tertiary alicyclic amines) is 1. The molecule has 128 valence electrons. The molecule has 0 unspecified atom stereocenters. The Bertz CT molecular complexity index is 699. The third-order valence-electron chi connectivity index (χ3n) is 4.59. The SMILES string of the molecule is O=C(CCc1c[nH]c2ccccc12)OCC(=O)N1CCCCCC1. The maximum Gasteiger partial charge on any atom is 0.306 e. The number of rotatable bonds is 5. The number of esters is 1. The monoisotopic (exact) mass is 328 g/mol. The number of nitrogens with zero attached hydrogens (tertiary/aromatic N) is 1. The van der Waals surface area contributed by atoms with Gasteiger partial charge in [0.15, 0.2) is 6.61 Å². The predicted octanol–water partition coefficient (Wildman–Crippen LogP) is 3.05. The van der Waals surface area contributed by atoms with E-state index >= 15 is 0 Å². The molecule has 1 amide bonds. The van der Waals surface area contributed by atoms with Gasteiger partial charge < -0.3 is 14.6 Å². The minimum absolute atomic E-state index is 0.0719. The number of hydrogen-bond donors (Lipinski definition) is 1. The number of nitrogens with one attached hydrogen (secondary N) is 1. The van der Waals surface area contributed by atoms with Crippen LogP contribution in [0.1, 0.15) is 37.7 Å². The van der Waals surface area contributed by atoms with Crippen LogP contribution in [0.4, 0.5) is 0 Å². The number of amides is 1. The lowest BCUT2D eigenvalue weighted by molar-refractivity contribution is -0.152. The van der Waals surface area contributed by atoms with Crippen LogP contribution in [0.3, 0.4) is 0 Å². The highest BCUT2D eigenvalue weighted by molar-refractivity contribution is 5.84. The van der Waals surface area contributed by atoms with Crippen LogP contribution in [0.2, 0.25) is 0 Å². The van der Waals surface area contributed by atoms with Crippen molar-refractivity contribution in [3.05, 3.63) is 36.0 Å². The van der Waals surface area contributed by atoms with E-state index in [9.17, 15) is 9.59 Å². The maximum atomic E-state index is 12.1. The zero-order valence-electron chi connectivity index (χ0n) is 13.9. The molecule has 2 aromatic rings. The predicted molar refractivity (Wildman–Crippen MR) is 92.6 cm³/mol. The van der Waals surface area contributed by atoms with Crippen LogP contribution in [0, 0.1) is 0 Å². The third-order valence-corrected chi connectivity index (χ3v) is 4.59. The fourth-order valence-electron chi connectivity index (χ4n) is 3.20. The summed E-state index contributed by atoms with van der Waals surface area (Å²) in [5.41, 5.74) is 2.17. The fourth-order valence-corrected chi connectivity index (χ4v) is 3.20. The molecule has 24 heavy (non-hydrogen) atoms. The van der Waals surface area contributed by atoms with Crippen LogP contribution < -0.4 is 0 Å². The van der Waals surface area contributed by atoms with Gasteiger partial charge in [0.05, 0.1) is 0 Å². The first-order valence-corrected chi connectivity index (χ1v) is 8.72. The molecule has 0 aliphatic carbocycles. The lowest BCUT2D eigenvalue weighted by Crippen LogP contribution is -2.35. The Morgan fingerprint density at radius 3 is 2.62 bits per heavy atom. The molecule has 3 rings (SSSR count). The van der Waals surface area contributed by atoms with Gasteiger partial charge in [-0.05, 0) is 30.9 Å². The zero-order chi connectivity index (χ0) is 16.8. The van der Waals surface area contributed by atoms with Gasteiger partial charge >= 0.3 is 5.97 Å². The molecule has 1 saturated heterocycles. The highest BCUT2D eigenvalue weighted by atomic mass is 16.5. The van der Waals surface area contributed by atoms with Crippen molar-refractivity contribution in [3.8, 4) is 0 Å². The number of fused-ring (bicyclic) bond motifs is 1. The lowest BCUT2D eigenvalue weighted by atomic mass is 10.1. The van der Waals surface area contributed by atoms with E-state index in [-0.39, 0.29) is 24.9 Å². The van der Waals surface area contributed by atoms with Crippen LogP contribution in [0.15, 0.2) is 30.5 Å². The minimum Gasteiger partial charge on any atom is -0.456 e. The number of aromatic nitrogens is 1. The molecular weight excluding hydrogens is 304 g/mol. The second-order valence-corrected chi connectivity index (χ2v) is 6.32. The van der Waals surface area contributed by atoms with Crippen molar-refractivity contribution in [2.75, 3.05) is 19.7 Å². The van der Waals surface area contributed by atoms with E-state index in [4.69, 9.17) is 4.74 Å². The van der Waals surface area contributed by atoms with Crippen molar-refractivity contribution < 1.29 is 14.3 Å². The topological polar surface area (TPSA) is 62.4 Å². The zero-order valence-corrected chi connectivity index (χ0v) is 13.9. The van der Waals surface area contributed by atoms with Crippen molar-refractivity contribution in [1.29, 1.82) is 0 Å². The van der Waals surface area contributed by atoms with Crippen molar-refractivity contribution in [1.82, 2.24) is 9.88 Å². The maximum absolute atomic E-state index is 12.1. The van der Waals surface area contributed by atoms with Gasteiger partial charge in [-0.15, -0.1) is 0 Å². The first kappa shape index (κ1) is 16.6. The molecule has 1 N–H and O–H groups in total. The van der Waals surface area contributed by atoms with Gasteiger partial charge in [-0.25, -0.2) is 0 Å². The minimum atomic E-state index is -0.316. The molecule has 1 aliphatic rings. The Morgan fingerprint density at radius 2 is 1.83 bits per heavy atom. The van der Waals surface area contributed by atoms with Gasteiger partial charge in [0, 0.05) is 36.6 Å². The highest BCUT2D eigenvalue weighted by Gasteiger charge is 2.17. The fraction of sp³-hybridized carbons (Fsp3) is 0.474. The van der Waals surface area contributed by atoms with E-state index in [2.05, 4.69) is 4.98 Å². The molecule has 0 atom stereocenters. The summed E-state index contributed by atoms with van der Waals surface area (Å²) < 4.78 is 5.17. The Labute approximate surface area is 142 Å². The second-order valence-electron chi connectivity index (χ2n) is 6.32. The van der Waals surface area contributed by atoms with Gasteiger partial charge in [-0.2, -0.15) is 0 Å². The average molecular weight is 328 g/mol. The van der Waals surface area contributed by atoms with Crippen molar-refractivity contribution in [2.45, 2.75) is 38.5 Å². The van der Waals surface area contributed by atoms with Gasteiger partial charge in [0.2, 0.25) is 0 Å². The van der Waals surface area contributed by atoms with Crippen molar-refractivity contribution >= 4 is 22.8 Å². The van der Waals surface area contributed by atoms with Crippen LogP contribution in [-0.4, -0.2) is 41.5 Å². The summed E-state index contributed by atoms with van der Waals surface area (Å²) in [7, 11) is 0. The average Bonchev–Trinajstić information content (AvgIpc) is 2.82. The van der Waals surface area contributed by atoms with Gasteiger partial charge in [-0.3, -0.25) is 9.59 Å². The Hall–Kier alpha value is -2.30. The third kappa shape index (κ3) is 4.16. The summed E-state index contributed by atoms with van der Waals surface area (Å²) in [6.45, 7) is 1.43.